The molecule has 0 spiro atoms. The van der Waals surface area contributed by atoms with Gasteiger partial charge in [-0.15, -0.1) is 11.3 Å². The second-order valence-corrected chi connectivity index (χ2v) is 10.2. The van der Waals surface area contributed by atoms with E-state index in [1.165, 1.54) is 54.4 Å². The molecule has 184 valence electrons. The van der Waals surface area contributed by atoms with Crippen LogP contribution in [0.15, 0.2) is 48.5 Å². The summed E-state index contributed by atoms with van der Waals surface area (Å²) in [6.45, 7) is 10.9. The van der Waals surface area contributed by atoms with Gasteiger partial charge in [-0.05, 0) is 86.5 Å². The highest BCUT2D eigenvalue weighted by atomic mass is 32.1. The van der Waals surface area contributed by atoms with Crippen LogP contribution in [0.5, 0.6) is 5.75 Å². The van der Waals surface area contributed by atoms with Crippen molar-refractivity contribution in [2.75, 3.05) is 26.2 Å². The molecule has 0 saturated heterocycles. The number of benzene rings is 2. The largest absolute Gasteiger partial charge is 0.494 e. The van der Waals surface area contributed by atoms with Crippen LogP contribution in [0.25, 0.3) is 10.1 Å². The SMILES string of the molecule is CCCCc1c(C(=O)c2ccc(OCCCN(CCCC)CCCC)cc2)sc2ccccc12. The third-order valence-corrected chi connectivity index (χ3v) is 7.56. The quantitative estimate of drug-likeness (QED) is 0.153. The first-order chi connectivity index (χ1) is 16.7. The van der Waals surface area contributed by atoms with Gasteiger partial charge in [-0.3, -0.25) is 4.79 Å². The summed E-state index contributed by atoms with van der Waals surface area (Å²) in [6.07, 6.45) is 9.21. The minimum Gasteiger partial charge on any atom is -0.494 e. The molecule has 0 N–H and O–H groups in total. The van der Waals surface area contributed by atoms with Crippen molar-refractivity contribution in [2.24, 2.45) is 0 Å². The van der Waals surface area contributed by atoms with Crippen LogP contribution in [0.4, 0.5) is 0 Å². The lowest BCUT2D eigenvalue weighted by molar-refractivity contribution is 0.104. The maximum absolute atomic E-state index is 13.4. The van der Waals surface area contributed by atoms with E-state index in [2.05, 4.69) is 49.9 Å². The Kier molecular flexibility index (Phi) is 11.1. The van der Waals surface area contributed by atoms with Crippen LogP contribution in [-0.2, 0) is 6.42 Å². The van der Waals surface area contributed by atoms with E-state index in [1.807, 2.05) is 24.3 Å². The van der Waals surface area contributed by atoms with E-state index in [4.69, 9.17) is 4.74 Å². The summed E-state index contributed by atoms with van der Waals surface area (Å²) in [6, 6.07) is 16.1. The third kappa shape index (κ3) is 7.41. The van der Waals surface area contributed by atoms with Gasteiger partial charge in [-0.2, -0.15) is 0 Å². The molecule has 1 aromatic heterocycles. The van der Waals surface area contributed by atoms with E-state index in [9.17, 15) is 4.79 Å². The van der Waals surface area contributed by atoms with E-state index >= 15 is 0 Å². The van der Waals surface area contributed by atoms with Gasteiger partial charge in [-0.25, -0.2) is 0 Å². The van der Waals surface area contributed by atoms with Gasteiger partial charge in [0.15, 0.2) is 0 Å². The summed E-state index contributed by atoms with van der Waals surface area (Å²) < 4.78 is 7.19. The maximum atomic E-state index is 13.4. The van der Waals surface area contributed by atoms with E-state index in [0.29, 0.717) is 6.61 Å². The number of unbranched alkanes of at least 4 members (excludes halogenated alkanes) is 3. The Hall–Kier alpha value is -2.17. The lowest BCUT2D eigenvalue weighted by atomic mass is 10.00. The van der Waals surface area contributed by atoms with Crippen molar-refractivity contribution in [3.63, 3.8) is 0 Å². The number of carbonyl (C=O) groups excluding carboxylic acids is 1. The number of aryl methyl sites for hydroxylation is 1. The highest BCUT2D eigenvalue weighted by Gasteiger charge is 2.19. The van der Waals surface area contributed by atoms with Crippen LogP contribution in [0.1, 0.15) is 86.5 Å². The van der Waals surface area contributed by atoms with Gasteiger partial charge in [0.1, 0.15) is 5.75 Å². The molecule has 1 heterocycles. The monoisotopic (exact) mass is 479 g/mol. The second kappa shape index (κ2) is 14.3. The van der Waals surface area contributed by atoms with Crippen molar-refractivity contribution in [2.45, 2.75) is 72.1 Å². The number of thiophene rings is 1. The molecule has 0 bridgehead atoms. The number of ether oxygens (including phenoxy) is 1. The zero-order valence-electron chi connectivity index (χ0n) is 21.3. The van der Waals surface area contributed by atoms with E-state index < -0.39 is 0 Å². The van der Waals surface area contributed by atoms with Gasteiger partial charge >= 0.3 is 0 Å². The zero-order chi connectivity index (χ0) is 24.2. The fourth-order valence-corrected chi connectivity index (χ4v) is 5.51. The van der Waals surface area contributed by atoms with Crippen LogP contribution >= 0.6 is 11.3 Å². The Bertz CT molecular complexity index is 1000. The van der Waals surface area contributed by atoms with Crippen LogP contribution in [0, 0.1) is 0 Å². The number of hydrogen-bond donors (Lipinski definition) is 0. The third-order valence-electron chi connectivity index (χ3n) is 6.34. The Morgan fingerprint density at radius 2 is 1.47 bits per heavy atom. The van der Waals surface area contributed by atoms with Crippen molar-refractivity contribution in [3.8, 4) is 5.75 Å². The molecule has 0 saturated carbocycles. The van der Waals surface area contributed by atoms with Crippen LogP contribution < -0.4 is 4.74 Å². The normalized spacial score (nSPS) is 11.4. The summed E-state index contributed by atoms with van der Waals surface area (Å²) in [7, 11) is 0. The fraction of sp³-hybridized carbons (Fsp3) is 0.500. The average molecular weight is 480 g/mol. The molecule has 0 radical (unpaired) electrons. The van der Waals surface area contributed by atoms with E-state index in [-0.39, 0.29) is 5.78 Å². The van der Waals surface area contributed by atoms with Crippen molar-refractivity contribution in [3.05, 3.63) is 64.5 Å². The zero-order valence-corrected chi connectivity index (χ0v) is 22.1. The molecule has 2 aromatic carbocycles. The first kappa shape index (κ1) is 26.4. The summed E-state index contributed by atoms with van der Waals surface area (Å²) in [5.41, 5.74) is 1.95. The predicted molar refractivity (Wildman–Crippen MR) is 147 cm³/mol. The molecule has 34 heavy (non-hydrogen) atoms. The highest BCUT2D eigenvalue weighted by molar-refractivity contribution is 7.21. The van der Waals surface area contributed by atoms with Crippen molar-refractivity contribution < 1.29 is 9.53 Å². The Labute approximate surface area is 210 Å². The average Bonchev–Trinajstić information content (AvgIpc) is 3.24. The van der Waals surface area contributed by atoms with Crippen LogP contribution in [0.3, 0.4) is 0 Å². The van der Waals surface area contributed by atoms with Crippen LogP contribution in [-0.4, -0.2) is 36.9 Å². The molecule has 4 heteroatoms. The maximum Gasteiger partial charge on any atom is 0.203 e. The van der Waals surface area contributed by atoms with Crippen molar-refractivity contribution in [1.82, 2.24) is 4.90 Å². The van der Waals surface area contributed by atoms with Gasteiger partial charge in [0, 0.05) is 16.8 Å². The molecule has 0 fully saturated rings. The molecule has 0 amide bonds. The highest BCUT2D eigenvalue weighted by Crippen LogP contribution is 2.34. The molecule has 0 aliphatic carbocycles. The number of hydrogen-bond acceptors (Lipinski definition) is 4. The predicted octanol–water partition coefficient (Wildman–Crippen LogP) is 8.15. The first-order valence-corrected chi connectivity index (χ1v) is 14.0. The first-order valence-electron chi connectivity index (χ1n) is 13.2. The minimum atomic E-state index is 0.126. The van der Waals surface area contributed by atoms with Crippen LogP contribution in [0.2, 0.25) is 0 Å². The molecule has 0 aliphatic rings. The Morgan fingerprint density at radius 3 is 2.15 bits per heavy atom. The molecule has 0 aliphatic heterocycles. The summed E-state index contributed by atoms with van der Waals surface area (Å²) in [5, 5.41) is 1.23. The summed E-state index contributed by atoms with van der Waals surface area (Å²) >= 11 is 1.63. The van der Waals surface area contributed by atoms with Gasteiger partial charge in [0.25, 0.3) is 0 Å². The second-order valence-electron chi connectivity index (χ2n) is 9.11. The van der Waals surface area contributed by atoms with Gasteiger partial charge in [0.05, 0.1) is 11.5 Å². The molecular formula is C30H41NO2S. The minimum absolute atomic E-state index is 0.126. The van der Waals surface area contributed by atoms with Gasteiger partial charge < -0.3 is 9.64 Å². The number of carbonyl (C=O) groups is 1. The lowest BCUT2D eigenvalue weighted by Gasteiger charge is -2.21. The molecular weight excluding hydrogens is 438 g/mol. The summed E-state index contributed by atoms with van der Waals surface area (Å²) in [5.74, 6) is 0.967. The topological polar surface area (TPSA) is 29.5 Å². The summed E-state index contributed by atoms with van der Waals surface area (Å²) in [4.78, 5) is 16.8. The van der Waals surface area contributed by atoms with Crippen molar-refractivity contribution in [1.29, 1.82) is 0 Å². The van der Waals surface area contributed by atoms with E-state index in [0.717, 1.165) is 48.4 Å². The smallest absolute Gasteiger partial charge is 0.203 e. The molecule has 3 rings (SSSR count). The van der Waals surface area contributed by atoms with E-state index in [1.54, 1.807) is 11.3 Å². The number of fused-ring (bicyclic) bond motifs is 1. The molecule has 3 nitrogen and oxygen atoms in total. The van der Waals surface area contributed by atoms with Gasteiger partial charge in [0.2, 0.25) is 5.78 Å². The number of ketones is 1. The lowest BCUT2D eigenvalue weighted by Crippen LogP contribution is -2.28. The number of nitrogens with zero attached hydrogens (tertiary/aromatic N) is 1. The fourth-order valence-electron chi connectivity index (χ4n) is 4.29. The molecule has 3 aromatic rings. The Balaban J connectivity index is 1.58. The molecule has 0 unspecified atom stereocenters. The van der Waals surface area contributed by atoms with Crippen molar-refractivity contribution >= 4 is 27.2 Å². The van der Waals surface area contributed by atoms with Gasteiger partial charge in [-0.1, -0.05) is 58.2 Å². The number of rotatable bonds is 16. The Morgan fingerprint density at radius 1 is 0.824 bits per heavy atom. The standard InChI is InChI=1S/C30H41NO2S/c1-4-7-13-27-26-14-10-11-15-28(26)34-30(27)29(32)24-16-18-25(19-17-24)33-23-12-22-31(20-8-5-2)21-9-6-3/h10-11,14-19H,4-9,12-13,20-23H2,1-3H3. The molecule has 0 atom stereocenters.